The van der Waals surface area contributed by atoms with Crippen LogP contribution in [-0.2, 0) is 11.2 Å². The molecule has 0 saturated heterocycles. The summed E-state index contributed by atoms with van der Waals surface area (Å²) in [4.78, 5) is 15.6. The van der Waals surface area contributed by atoms with E-state index in [0.717, 1.165) is 0 Å². The predicted octanol–water partition coefficient (Wildman–Crippen LogP) is 1.18. The molecular formula is C12H21N3O2S. The number of carbonyl (C=O) groups excluding carboxylic acids is 1. The number of nitrogen functional groups attached to an aromatic ring is 1. The Bertz CT molecular complexity index is 398. The molecule has 0 aromatic carbocycles. The number of aliphatic hydroxyl groups is 1. The van der Waals surface area contributed by atoms with Crippen molar-refractivity contribution in [2.45, 2.75) is 39.7 Å². The van der Waals surface area contributed by atoms with Crippen LogP contribution in [0.1, 0.15) is 32.9 Å². The van der Waals surface area contributed by atoms with Gasteiger partial charge in [0, 0.05) is 11.9 Å². The highest BCUT2D eigenvalue weighted by atomic mass is 32.1. The molecule has 0 saturated carbocycles. The molecule has 102 valence electrons. The molecule has 0 spiro atoms. The van der Waals surface area contributed by atoms with Gasteiger partial charge in [0.05, 0.1) is 18.2 Å². The number of hydrogen-bond acceptors (Lipinski definition) is 5. The number of rotatable bonds is 5. The number of aromatic nitrogens is 1. The average Bonchev–Trinajstić information content (AvgIpc) is 2.58. The van der Waals surface area contributed by atoms with Crippen molar-refractivity contribution >= 4 is 22.4 Å². The number of nitrogens with zero attached hydrogens (tertiary/aromatic N) is 1. The lowest BCUT2D eigenvalue weighted by Gasteiger charge is -2.22. The zero-order valence-electron chi connectivity index (χ0n) is 11.1. The van der Waals surface area contributed by atoms with Crippen LogP contribution in [0.3, 0.4) is 0 Å². The van der Waals surface area contributed by atoms with Crippen molar-refractivity contribution in [1.29, 1.82) is 0 Å². The van der Waals surface area contributed by atoms with E-state index in [1.165, 1.54) is 11.3 Å². The van der Waals surface area contributed by atoms with E-state index in [9.17, 15) is 9.90 Å². The van der Waals surface area contributed by atoms with Crippen molar-refractivity contribution in [3.63, 3.8) is 0 Å². The SMILES string of the molecule is CC(C)(C)CC(O)CNC(=O)Cc1csc(N)n1. The van der Waals surface area contributed by atoms with Gasteiger partial charge in [-0.15, -0.1) is 11.3 Å². The van der Waals surface area contributed by atoms with E-state index in [0.29, 0.717) is 17.2 Å². The van der Waals surface area contributed by atoms with Crippen molar-refractivity contribution in [2.75, 3.05) is 12.3 Å². The first kappa shape index (κ1) is 14.9. The molecule has 0 radical (unpaired) electrons. The maximum Gasteiger partial charge on any atom is 0.226 e. The number of anilines is 1. The number of nitrogens with one attached hydrogen (secondary N) is 1. The minimum atomic E-state index is -0.519. The first-order valence-corrected chi connectivity index (χ1v) is 6.79. The first-order chi connectivity index (χ1) is 8.26. The summed E-state index contributed by atoms with van der Waals surface area (Å²) in [7, 11) is 0. The van der Waals surface area contributed by atoms with Gasteiger partial charge in [-0.25, -0.2) is 4.98 Å². The van der Waals surface area contributed by atoms with E-state index < -0.39 is 6.10 Å². The molecule has 5 nitrogen and oxygen atoms in total. The van der Waals surface area contributed by atoms with Crippen molar-refractivity contribution in [3.05, 3.63) is 11.1 Å². The fourth-order valence-corrected chi connectivity index (χ4v) is 2.20. The fraction of sp³-hybridized carbons (Fsp3) is 0.667. The van der Waals surface area contributed by atoms with Gasteiger partial charge in [-0.2, -0.15) is 0 Å². The van der Waals surface area contributed by atoms with E-state index >= 15 is 0 Å². The normalized spacial score (nSPS) is 13.3. The second kappa shape index (κ2) is 6.15. The molecular weight excluding hydrogens is 250 g/mol. The Labute approximate surface area is 111 Å². The third-order valence-corrected chi connectivity index (χ3v) is 3.02. The van der Waals surface area contributed by atoms with Gasteiger partial charge in [0.15, 0.2) is 5.13 Å². The molecule has 0 aliphatic rings. The molecule has 1 aromatic rings. The molecule has 18 heavy (non-hydrogen) atoms. The van der Waals surface area contributed by atoms with E-state index in [1.54, 1.807) is 5.38 Å². The first-order valence-electron chi connectivity index (χ1n) is 5.91. The van der Waals surface area contributed by atoms with Gasteiger partial charge in [0.1, 0.15) is 0 Å². The molecule has 1 atom stereocenters. The molecule has 1 amide bonds. The molecule has 1 unspecified atom stereocenters. The Kier molecular flexibility index (Phi) is 5.10. The lowest BCUT2D eigenvalue weighted by atomic mass is 9.89. The standard InChI is InChI=1S/C12H21N3O2S/c1-12(2,3)5-9(16)6-14-10(17)4-8-7-18-11(13)15-8/h7,9,16H,4-6H2,1-3H3,(H2,13,15)(H,14,17). The summed E-state index contributed by atoms with van der Waals surface area (Å²) in [5, 5.41) is 14.7. The fourth-order valence-electron chi connectivity index (χ4n) is 1.64. The summed E-state index contributed by atoms with van der Waals surface area (Å²) in [5.41, 5.74) is 6.20. The van der Waals surface area contributed by atoms with Gasteiger partial charge in [0.2, 0.25) is 5.91 Å². The number of hydrogen-bond donors (Lipinski definition) is 3. The van der Waals surface area contributed by atoms with Crippen LogP contribution in [-0.4, -0.2) is 28.6 Å². The highest BCUT2D eigenvalue weighted by Crippen LogP contribution is 2.20. The van der Waals surface area contributed by atoms with Crippen molar-refractivity contribution in [1.82, 2.24) is 10.3 Å². The predicted molar refractivity (Wildman–Crippen MR) is 73.3 cm³/mol. The monoisotopic (exact) mass is 271 g/mol. The Morgan fingerprint density at radius 2 is 2.28 bits per heavy atom. The molecule has 0 bridgehead atoms. The van der Waals surface area contributed by atoms with Gasteiger partial charge in [-0.05, 0) is 11.8 Å². The van der Waals surface area contributed by atoms with Gasteiger partial charge in [-0.1, -0.05) is 20.8 Å². The van der Waals surface area contributed by atoms with Crippen molar-refractivity contribution in [3.8, 4) is 0 Å². The van der Waals surface area contributed by atoms with Crippen LogP contribution < -0.4 is 11.1 Å². The summed E-state index contributed by atoms with van der Waals surface area (Å²) >= 11 is 1.32. The van der Waals surface area contributed by atoms with Gasteiger partial charge >= 0.3 is 0 Å². The maximum atomic E-state index is 11.6. The lowest BCUT2D eigenvalue weighted by molar-refractivity contribution is -0.121. The minimum Gasteiger partial charge on any atom is -0.391 e. The molecule has 6 heteroatoms. The van der Waals surface area contributed by atoms with Crippen LogP contribution >= 0.6 is 11.3 Å². The van der Waals surface area contributed by atoms with Crippen LogP contribution in [0.2, 0.25) is 0 Å². The molecule has 4 N–H and O–H groups in total. The van der Waals surface area contributed by atoms with Gasteiger partial charge in [-0.3, -0.25) is 4.79 Å². The van der Waals surface area contributed by atoms with Crippen LogP contribution in [0.5, 0.6) is 0 Å². The highest BCUT2D eigenvalue weighted by molar-refractivity contribution is 7.13. The number of nitrogens with two attached hydrogens (primary N) is 1. The molecule has 0 aliphatic heterocycles. The summed E-state index contributed by atoms with van der Waals surface area (Å²) in [6.45, 7) is 6.43. The highest BCUT2D eigenvalue weighted by Gasteiger charge is 2.17. The largest absolute Gasteiger partial charge is 0.391 e. The van der Waals surface area contributed by atoms with Gasteiger partial charge in [0.25, 0.3) is 0 Å². The van der Waals surface area contributed by atoms with Gasteiger partial charge < -0.3 is 16.2 Å². The Morgan fingerprint density at radius 3 is 2.78 bits per heavy atom. The zero-order chi connectivity index (χ0) is 13.8. The molecule has 1 aromatic heterocycles. The summed E-state index contributed by atoms with van der Waals surface area (Å²) < 4.78 is 0. The number of thiazole rings is 1. The molecule has 1 rings (SSSR count). The molecule has 0 fully saturated rings. The molecule has 0 aliphatic carbocycles. The van der Waals surface area contributed by atoms with Crippen LogP contribution in [0.4, 0.5) is 5.13 Å². The quantitative estimate of drug-likeness (QED) is 0.750. The third-order valence-electron chi connectivity index (χ3n) is 2.29. The summed E-state index contributed by atoms with van der Waals surface area (Å²) in [5.74, 6) is -0.145. The van der Waals surface area contributed by atoms with Crippen molar-refractivity contribution < 1.29 is 9.90 Å². The maximum absolute atomic E-state index is 11.6. The van der Waals surface area contributed by atoms with Crippen LogP contribution in [0.15, 0.2) is 5.38 Å². The Hall–Kier alpha value is -1.14. The Balaban J connectivity index is 2.29. The third kappa shape index (κ3) is 5.97. The number of carbonyl (C=O) groups is 1. The van der Waals surface area contributed by atoms with E-state index in [1.807, 2.05) is 0 Å². The Morgan fingerprint density at radius 1 is 1.61 bits per heavy atom. The van der Waals surface area contributed by atoms with Crippen molar-refractivity contribution in [2.24, 2.45) is 5.41 Å². The zero-order valence-corrected chi connectivity index (χ0v) is 11.9. The van der Waals surface area contributed by atoms with E-state index in [-0.39, 0.29) is 24.3 Å². The average molecular weight is 271 g/mol. The second-order valence-corrected chi connectivity index (χ2v) is 6.47. The minimum absolute atomic E-state index is 0.0491. The summed E-state index contributed by atoms with van der Waals surface area (Å²) in [6, 6.07) is 0. The number of amides is 1. The van der Waals surface area contributed by atoms with Crippen LogP contribution in [0.25, 0.3) is 0 Å². The smallest absolute Gasteiger partial charge is 0.226 e. The summed E-state index contributed by atoms with van der Waals surface area (Å²) in [6.07, 6.45) is 0.335. The second-order valence-electron chi connectivity index (χ2n) is 5.58. The van der Waals surface area contributed by atoms with Crippen LogP contribution in [0, 0.1) is 5.41 Å². The topological polar surface area (TPSA) is 88.2 Å². The lowest BCUT2D eigenvalue weighted by Crippen LogP contribution is -2.35. The van der Waals surface area contributed by atoms with E-state index in [4.69, 9.17) is 5.73 Å². The van der Waals surface area contributed by atoms with E-state index in [2.05, 4.69) is 31.1 Å². The number of aliphatic hydroxyl groups excluding tert-OH is 1. The molecule has 1 heterocycles.